The second-order valence-electron chi connectivity index (χ2n) is 11.7. The molecule has 1 aromatic carbocycles. The summed E-state index contributed by atoms with van der Waals surface area (Å²) in [4.78, 5) is 17.4. The predicted molar refractivity (Wildman–Crippen MR) is 163 cm³/mol. The Balaban J connectivity index is 1.47. The lowest BCUT2D eigenvalue weighted by atomic mass is 9.69. The van der Waals surface area contributed by atoms with Gasteiger partial charge in [0.25, 0.3) is 5.91 Å². The van der Waals surface area contributed by atoms with Gasteiger partial charge in [0.2, 0.25) is 0 Å². The molecule has 2 saturated heterocycles. The van der Waals surface area contributed by atoms with E-state index in [0.29, 0.717) is 25.3 Å². The van der Waals surface area contributed by atoms with Crippen molar-refractivity contribution < 1.29 is 4.79 Å². The minimum absolute atomic E-state index is 0.105. The molecule has 9 nitrogen and oxygen atoms in total. The standard InChI is InChI=1S/C33H42N8O/c1-24(2)12-14-28-10-8-9-26-21-27(31(42)40-18-6-7-19-40)13-15-30(26)33(28,32-36-38-39-37-32)16-17-35-23-25(3)41-20-5-4-11-29(41)22-34/h10,12-15,21,29,35H,1,3-9,11,16-20,23H2,2H3,(H,36,37,38,39)/b14-12-/t29-,33?/m0/s1. The number of fused-ring (bicyclic) bond motifs is 1. The van der Waals surface area contributed by atoms with Crippen molar-refractivity contribution in [1.82, 2.24) is 35.7 Å². The first kappa shape index (κ1) is 29.5. The fourth-order valence-electron chi connectivity index (χ4n) is 6.65. The highest BCUT2D eigenvalue weighted by molar-refractivity contribution is 5.94. The van der Waals surface area contributed by atoms with Crippen molar-refractivity contribution in [3.8, 4) is 6.07 Å². The molecule has 1 amide bonds. The number of carbonyl (C=O) groups excluding carboxylic acids is 1. The van der Waals surface area contributed by atoms with E-state index in [2.05, 4.69) is 74.4 Å². The van der Waals surface area contributed by atoms with Gasteiger partial charge in [0, 0.05) is 37.4 Å². The van der Waals surface area contributed by atoms with Gasteiger partial charge in [0.1, 0.15) is 6.04 Å². The van der Waals surface area contributed by atoms with Crippen LogP contribution >= 0.6 is 0 Å². The lowest BCUT2D eigenvalue weighted by Crippen LogP contribution is -2.41. The normalized spacial score (nSPS) is 22.4. The number of amides is 1. The number of allylic oxidation sites excluding steroid dienone is 5. The molecule has 2 N–H and O–H groups in total. The number of benzene rings is 1. The predicted octanol–water partition coefficient (Wildman–Crippen LogP) is 4.60. The molecule has 3 aliphatic rings. The van der Waals surface area contributed by atoms with Crippen molar-refractivity contribution in [3.05, 3.63) is 88.9 Å². The molecule has 1 aliphatic carbocycles. The SMILES string of the molecule is C=C(C)/C=C\C1=CCCc2cc(C(=O)N3CCCC3)ccc2C1(CCNCC(=C)N1CCCC[C@H]1C#N)c1nn[nH]n1. The summed E-state index contributed by atoms with van der Waals surface area (Å²) in [6.07, 6.45) is 13.9. The van der Waals surface area contributed by atoms with Gasteiger partial charge in [-0.05, 0) is 93.7 Å². The number of aryl methyl sites for hydroxylation is 1. The fraction of sp³-hybridized carbons (Fsp3) is 0.485. The molecule has 220 valence electrons. The maximum absolute atomic E-state index is 13.3. The average molecular weight is 567 g/mol. The molecule has 2 aliphatic heterocycles. The zero-order valence-electron chi connectivity index (χ0n) is 24.7. The van der Waals surface area contributed by atoms with E-state index in [-0.39, 0.29) is 11.9 Å². The minimum atomic E-state index is -0.686. The van der Waals surface area contributed by atoms with Crippen LogP contribution in [0.1, 0.15) is 79.2 Å². The number of hydrogen-bond donors (Lipinski definition) is 2. The zero-order chi connectivity index (χ0) is 29.5. The number of tetrazole rings is 1. The molecule has 0 radical (unpaired) electrons. The van der Waals surface area contributed by atoms with Gasteiger partial charge in [-0.1, -0.05) is 48.2 Å². The topological polar surface area (TPSA) is 114 Å². The van der Waals surface area contributed by atoms with Gasteiger partial charge < -0.3 is 15.1 Å². The van der Waals surface area contributed by atoms with Crippen LogP contribution in [0.2, 0.25) is 0 Å². The number of nitrogens with one attached hydrogen (secondary N) is 2. The van der Waals surface area contributed by atoms with Gasteiger partial charge in [-0.15, -0.1) is 10.2 Å². The summed E-state index contributed by atoms with van der Waals surface area (Å²) in [5.74, 6) is 0.705. The number of rotatable bonds is 10. The van der Waals surface area contributed by atoms with Gasteiger partial charge in [0.05, 0.1) is 11.5 Å². The highest BCUT2D eigenvalue weighted by Gasteiger charge is 2.43. The molecule has 2 fully saturated rings. The molecule has 0 saturated carbocycles. The van der Waals surface area contributed by atoms with E-state index < -0.39 is 5.41 Å². The van der Waals surface area contributed by atoms with E-state index in [1.165, 1.54) is 0 Å². The molecule has 2 atom stereocenters. The summed E-state index contributed by atoms with van der Waals surface area (Å²) in [5.41, 5.74) is 5.27. The number of carbonyl (C=O) groups is 1. The summed E-state index contributed by atoms with van der Waals surface area (Å²) < 4.78 is 0. The van der Waals surface area contributed by atoms with Crippen LogP contribution < -0.4 is 5.32 Å². The molecule has 0 bridgehead atoms. The van der Waals surface area contributed by atoms with Gasteiger partial charge >= 0.3 is 0 Å². The van der Waals surface area contributed by atoms with Crippen molar-refractivity contribution >= 4 is 5.91 Å². The van der Waals surface area contributed by atoms with Crippen molar-refractivity contribution in [3.63, 3.8) is 0 Å². The van der Waals surface area contributed by atoms with Crippen LogP contribution in [0.4, 0.5) is 0 Å². The number of piperidine rings is 1. The van der Waals surface area contributed by atoms with Gasteiger partial charge in [0.15, 0.2) is 5.82 Å². The van der Waals surface area contributed by atoms with Crippen LogP contribution in [-0.4, -0.2) is 75.1 Å². The second kappa shape index (κ2) is 13.3. The third-order valence-electron chi connectivity index (χ3n) is 8.81. The number of likely N-dealkylation sites (tertiary alicyclic amines) is 2. The van der Waals surface area contributed by atoms with Gasteiger partial charge in [-0.3, -0.25) is 4.79 Å². The fourth-order valence-corrected chi connectivity index (χ4v) is 6.65. The second-order valence-corrected chi connectivity index (χ2v) is 11.7. The first-order valence-corrected chi connectivity index (χ1v) is 15.2. The Hall–Kier alpha value is -4.03. The number of hydrogen-bond acceptors (Lipinski definition) is 7. The maximum Gasteiger partial charge on any atom is 0.253 e. The van der Waals surface area contributed by atoms with Crippen LogP contribution in [-0.2, 0) is 11.8 Å². The summed E-state index contributed by atoms with van der Waals surface area (Å²) in [7, 11) is 0. The Kier molecular flexibility index (Phi) is 9.33. The molecule has 9 heteroatoms. The molecule has 42 heavy (non-hydrogen) atoms. The summed E-state index contributed by atoms with van der Waals surface area (Å²) in [6, 6.07) is 8.49. The third-order valence-corrected chi connectivity index (χ3v) is 8.81. The van der Waals surface area contributed by atoms with Crippen molar-refractivity contribution in [1.29, 1.82) is 5.26 Å². The first-order valence-electron chi connectivity index (χ1n) is 15.2. The van der Waals surface area contributed by atoms with Crippen molar-refractivity contribution in [2.75, 3.05) is 32.7 Å². The Morgan fingerprint density at radius 1 is 1.24 bits per heavy atom. The Labute approximate surface area is 249 Å². The van der Waals surface area contributed by atoms with Crippen LogP contribution in [0, 0.1) is 11.3 Å². The Morgan fingerprint density at radius 2 is 2.05 bits per heavy atom. The van der Waals surface area contributed by atoms with E-state index in [1.807, 2.05) is 24.0 Å². The molecule has 5 rings (SSSR count). The van der Waals surface area contributed by atoms with Crippen LogP contribution in [0.3, 0.4) is 0 Å². The third kappa shape index (κ3) is 6.09. The Morgan fingerprint density at radius 3 is 2.79 bits per heavy atom. The van der Waals surface area contributed by atoms with E-state index in [9.17, 15) is 10.1 Å². The number of H-pyrrole nitrogens is 1. The number of aromatic amines is 1. The van der Waals surface area contributed by atoms with Gasteiger partial charge in [-0.25, -0.2) is 0 Å². The Bertz CT molecular complexity index is 1400. The largest absolute Gasteiger partial charge is 0.358 e. The average Bonchev–Trinajstić information content (AvgIpc) is 3.72. The summed E-state index contributed by atoms with van der Waals surface area (Å²) >= 11 is 0. The molecule has 1 unspecified atom stereocenters. The number of nitriles is 1. The molecule has 1 aromatic heterocycles. The lowest BCUT2D eigenvalue weighted by molar-refractivity contribution is 0.0792. The molecule has 2 aromatic rings. The van der Waals surface area contributed by atoms with E-state index >= 15 is 0 Å². The maximum atomic E-state index is 13.3. The lowest BCUT2D eigenvalue weighted by Gasteiger charge is -2.36. The van der Waals surface area contributed by atoms with E-state index in [1.54, 1.807) is 0 Å². The van der Waals surface area contributed by atoms with Crippen LogP contribution in [0.15, 0.2) is 66.4 Å². The minimum Gasteiger partial charge on any atom is -0.358 e. The first-order chi connectivity index (χ1) is 20.4. The molecular weight excluding hydrogens is 524 g/mol. The molecule has 0 spiro atoms. The van der Waals surface area contributed by atoms with E-state index in [0.717, 1.165) is 98.1 Å². The molecule has 3 heterocycles. The van der Waals surface area contributed by atoms with Crippen molar-refractivity contribution in [2.45, 2.75) is 69.7 Å². The smallest absolute Gasteiger partial charge is 0.253 e. The highest BCUT2D eigenvalue weighted by Crippen LogP contribution is 2.45. The summed E-state index contributed by atoms with van der Waals surface area (Å²) in [5, 5.41) is 29.0. The van der Waals surface area contributed by atoms with E-state index in [4.69, 9.17) is 0 Å². The zero-order valence-corrected chi connectivity index (χ0v) is 24.7. The number of nitrogens with zero attached hydrogens (tertiary/aromatic N) is 6. The molecular formula is C33H42N8O. The van der Waals surface area contributed by atoms with Crippen LogP contribution in [0.25, 0.3) is 0 Å². The van der Waals surface area contributed by atoms with Crippen molar-refractivity contribution in [2.24, 2.45) is 0 Å². The van der Waals surface area contributed by atoms with Gasteiger partial charge in [-0.2, -0.15) is 10.5 Å². The van der Waals surface area contributed by atoms with Crippen LogP contribution in [0.5, 0.6) is 0 Å². The highest BCUT2D eigenvalue weighted by atomic mass is 16.2. The number of aromatic nitrogens is 4. The quantitative estimate of drug-likeness (QED) is 0.319. The monoisotopic (exact) mass is 566 g/mol. The summed E-state index contributed by atoms with van der Waals surface area (Å²) in [6.45, 7) is 14.1.